The molecule has 0 aliphatic carbocycles. The van der Waals surface area contributed by atoms with Crippen LogP contribution < -0.4 is 5.43 Å². The number of hydrogen-bond donors (Lipinski definition) is 1. The molecule has 0 aliphatic heterocycles. The molecule has 0 fully saturated rings. The maximum atomic E-state index is 10.9. The van der Waals surface area contributed by atoms with Crippen LogP contribution in [-0.2, 0) is 0 Å². The number of nitro benzene ring substituents is 1. The summed E-state index contributed by atoms with van der Waals surface area (Å²) in [5, 5.41) is 26.5. The number of nitrogens with zero attached hydrogens (tertiary/aromatic N) is 6. The summed E-state index contributed by atoms with van der Waals surface area (Å²) in [7, 11) is 0. The quantitative estimate of drug-likeness (QED) is 0.441. The fraction of sp³-hybridized carbons (Fsp3) is 0. The van der Waals surface area contributed by atoms with Gasteiger partial charge in [-0.25, -0.2) is 0 Å². The Balaban J connectivity index is 1.79. The number of anilines is 1. The highest BCUT2D eigenvalue weighted by atomic mass is 16.6. The average molecular weight is 283 g/mol. The number of para-hydroxylation sites is 1. The average Bonchev–Trinajstić information content (AvgIpc) is 2.95. The van der Waals surface area contributed by atoms with Gasteiger partial charge in [-0.05, 0) is 18.2 Å². The summed E-state index contributed by atoms with van der Waals surface area (Å²) in [4.78, 5) is 10.4. The highest BCUT2D eigenvalue weighted by Gasteiger charge is 2.09. The van der Waals surface area contributed by atoms with Crippen molar-refractivity contribution in [2.45, 2.75) is 0 Å². The maximum absolute atomic E-state index is 10.9. The molecular formula is C12H9N7O2. The lowest BCUT2D eigenvalue weighted by Crippen LogP contribution is -1.99. The summed E-state index contributed by atoms with van der Waals surface area (Å²) in [5.74, 6) is 0.470. The van der Waals surface area contributed by atoms with Crippen LogP contribution >= 0.6 is 0 Å². The highest BCUT2D eigenvalue weighted by molar-refractivity contribution is 5.85. The van der Waals surface area contributed by atoms with Gasteiger partial charge in [-0.3, -0.25) is 15.5 Å². The van der Waals surface area contributed by atoms with Crippen LogP contribution in [0.4, 0.5) is 11.5 Å². The zero-order valence-electron chi connectivity index (χ0n) is 10.6. The maximum Gasteiger partial charge on any atom is 0.278 e. The van der Waals surface area contributed by atoms with Gasteiger partial charge in [0, 0.05) is 6.07 Å². The lowest BCUT2D eigenvalue weighted by atomic mass is 10.2. The molecule has 104 valence electrons. The van der Waals surface area contributed by atoms with Crippen molar-refractivity contribution in [1.82, 2.24) is 19.8 Å². The van der Waals surface area contributed by atoms with E-state index in [9.17, 15) is 10.1 Å². The van der Waals surface area contributed by atoms with Crippen molar-refractivity contribution < 1.29 is 4.92 Å². The molecule has 2 aromatic heterocycles. The number of rotatable bonds is 4. The molecule has 0 aliphatic rings. The van der Waals surface area contributed by atoms with Gasteiger partial charge < -0.3 is 0 Å². The monoisotopic (exact) mass is 283 g/mol. The van der Waals surface area contributed by atoms with Crippen molar-refractivity contribution in [3.05, 3.63) is 58.4 Å². The zero-order valence-corrected chi connectivity index (χ0v) is 10.6. The molecule has 1 N–H and O–H groups in total. The van der Waals surface area contributed by atoms with Gasteiger partial charge >= 0.3 is 0 Å². The Morgan fingerprint density at radius 1 is 1.29 bits per heavy atom. The van der Waals surface area contributed by atoms with Crippen molar-refractivity contribution >= 4 is 23.4 Å². The third-order valence-electron chi connectivity index (χ3n) is 2.68. The minimum absolute atomic E-state index is 0.00901. The van der Waals surface area contributed by atoms with Gasteiger partial charge in [-0.15, -0.1) is 15.3 Å². The Morgan fingerprint density at radius 3 is 3.00 bits per heavy atom. The van der Waals surface area contributed by atoms with E-state index in [-0.39, 0.29) is 5.69 Å². The molecule has 0 saturated carbocycles. The second-order valence-corrected chi connectivity index (χ2v) is 4.04. The fourth-order valence-electron chi connectivity index (χ4n) is 1.72. The number of hydrazone groups is 1. The Bertz CT molecular complexity index is 827. The van der Waals surface area contributed by atoms with Crippen LogP contribution in [0.25, 0.3) is 5.65 Å². The van der Waals surface area contributed by atoms with Gasteiger partial charge in [0.1, 0.15) is 6.33 Å². The van der Waals surface area contributed by atoms with Crippen molar-refractivity contribution in [1.29, 1.82) is 0 Å². The minimum atomic E-state index is -0.456. The molecule has 0 spiro atoms. The first-order valence-corrected chi connectivity index (χ1v) is 5.93. The number of fused-ring (bicyclic) bond motifs is 1. The third-order valence-corrected chi connectivity index (χ3v) is 2.68. The van der Waals surface area contributed by atoms with Crippen LogP contribution in [0.5, 0.6) is 0 Å². The summed E-state index contributed by atoms with van der Waals surface area (Å²) in [6.45, 7) is 0. The van der Waals surface area contributed by atoms with E-state index in [2.05, 4.69) is 25.8 Å². The summed E-state index contributed by atoms with van der Waals surface area (Å²) < 4.78 is 1.49. The van der Waals surface area contributed by atoms with E-state index in [0.29, 0.717) is 17.0 Å². The number of nitrogens with one attached hydrogen (secondary N) is 1. The Morgan fingerprint density at radius 2 is 2.14 bits per heavy atom. The molecule has 0 atom stereocenters. The van der Waals surface area contributed by atoms with Crippen LogP contribution in [0.3, 0.4) is 0 Å². The second-order valence-electron chi connectivity index (χ2n) is 4.04. The Hall–Kier alpha value is -3.36. The second kappa shape index (κ2) is 5.33. The SMILES string of the molecule is O=[N+]([O-])c1ccccc1/C=N/Nc1ccc2nncn2n1. The van der Waals surface area contributed by atoms with Crippen molar-refractivity contribution in [3.8, 4) is 0 Å². The molecule has 21 heavy (non-hydrogen) atoms. The first-order valence-electron chi connectivity index (χ1n) is 5.93. The summed E-state index contributed by atoms with van der Waals surface area (Å²) in [6.07, 6.45) is 2.84. The summed E-state index contributed by atoms with van der Waals surface area (Å²) in [5.41, 5.74) is 3.71. The molecule has 2 heterocycles. The van der Waals surface area contributed by atoms with Gasteiger partial charge in [-0.2, -0.15) is 9.62 Å². The van der Waals surface area contributed by atoms with E-state index in [1.165, 1.54) is 23.1 Å². The Labute approximate surface area is 118 Å². The smallest absolute Gasteiger partial charge is 0.260 e. The molecule has 3 aromatic rings. The van der Waals surface area contributed by atoms with E-state index in [0.717, 1.165) is 0 Å². The van der Waals surface area contributed by atoms with Crippen LogP contribution in [0, 0.1) is 10.1 Å². The number of aromatic nitrogens is 4. The number of hydrogen-bond acceptors (Lipinski definition) is 7. The topological polar surface area (TPSA) is 111 Å². The van der Waals surface area contributed by atoms with E-state index in [4.69, 9.17) is 0 Å². The van der Waals surface area contributed by atoms with Gasteiger partial charge in [0.15, 0.2) is 11.5 Å². The predicted octanol–water partition coefficient (Wildman–Crippen LogP) is 1.48. The van der Waals surface area contributed by atoms with E-state index in [1.807, 2.05) is 0 Å². The molecule has 1 aromatic carbocycles. The third kappa shape index (κ3) is 2.66. The van der Waals surface area contributed by atoms with Gasteiger partial charge in [0.25, 0.3) is 5.69 Å². The predicted molar refractivity (Wildman–Crippen MR) is 75.1 cm³/mol. The van der Waals surface area contributed by atoms with Crippen LogP contribution in [0.1, 0.15) is 5.56 Å². The lowest BCUT2D eigenvalue weighted by molar-refractivity contribution is -0.385. The van der Waals surface area contributed by atoms with Crippen molar-refractivity contribution in [2.24, 2.45) is 5.10 Å². The molecule has 0 radical (unpaired) electrons. The normalized spacial score (nSPS) is 11.0. The molecule has 3 rings (SSSR count). The Kier molecular flexibility index (Phi) is 3.21. The molecule has 9 heteroatoms. The van der Waals surface area contributed by atoms with Crippen LogP contribution in [-0.4, -0.2) is 30.9 Å². The summed E-state index contributed by atoms with van der Waals surface area (Å²) >= 11 is 0. The molecule has 0 saturated heterocycles. The first-order chi connectivity index (χ1) is 10.2. The largest absolute Gasteiger partial charge is 0.278 e. The molecular weight excluding hydrogens is 274 g/mol. The van der Waals surface area contributed by atoms with Gasteiger partial charge in [-0.1, -0.05) is 12.1 Å². The number of nitro groups is 1. The van der Waals surface area contributed by atoms with E-state index in [1.54, 1.807) is 30.3 Å². The van der Waals surface area contributed by atoms with Crippen LogP contribution in [0.15, 0.2) is 47.8 Å². The van der Waals surface area contributed by atoms with Gasteiger partial charge in [0.05, 0.1) is 16.7 Å². The molecule has 9 nitrogen and oxygen atoms in total. The molecule has 0 bridgehead atoms. The van der Waals surface area contributed by atoms with E-state index < -0.39 is 4.92 Å². The zero-order chi connectivity index (χ0) is 14.7. The summed E-state index contributed by atoms with van der Waals surface area (Å²) in [6, 6.07) is 9.74. The molecule has 0 amide bonds. The van der Waals surface area contributed by atoms with Gasteiger partial charge in [0.2, 0.25) is 0 Å². The number of benzene rings is 1. The first kappa shape index (κ1) is 12.7. The lowest BCUT2D eigenvalue weighted by Gasteiger charge is -1.99. The minimum Gasteiger partial charge on any atom is -0.260 e. The highest BCUT2D eigenvalue weighted by Crippen LogP contribution is 2.15. The van der Waals surface area contributed by atoms with Crippen molar-refractivity contribution in [2.75, 3.05) is 5.43 Å². The fourth-order valence-corrected chi connectivity index (χ4v) is 1.72. The van der Waals surface area contributed by atoms with Crippen molar-refractivity contribution in [3.63, 3.8) is 0 Å². The van der Waals surface area contributed by atoms with Crippen LogP contribution in [0.2, 0.25) is 0 Å². The standard InChI is InChI=1S/C12H9N7O2/c20-19(21)10-4-2-1-3-9(10)7-13-15-11-5-6-12-16-14-8-18(12)17-11/h1-8H,(H,15,17)/b13-7+. The van der Waals surface area contributed by atoms with E-state index >= 15 is 0 Å². The molecule has 0 unspecified atom stereocenters.